The second kappa shape index (κ2) is 10.5. The van der Waals surface area contributed by atoms with Crippen molar-refractivity contribution in [1.82, 2.24) is 10.6 Å². The fourth-order valence-corrected chi connectivity index (χ4v) is 3.16. The molecule has 1 fully saturated rings. The van der Waals surface area contributed by atoms with Crippen molar-refractivity contribution in [3.63, 3.8) is 0 Å². The molecule has 0 spiro atoms. The number of amides is 3. The monoisotopic (exact) mass is 408 g/mol. The maximum absolute atomic E-state index is 12.4. The summed E-state index contributed by atoms with van der Waals surface area (Å²) in [5, 5.41) is 4.99. The molecule has 29 heavy (non-hydrogen) atoms. The van der Waals surface area contributed by atoms with Crippen LogP contribution in [0.15, 0.2) is 12.1 Å². The van der Waals surface area contributed by atoms with Gasteiger partial charge < -0.3 is 24.3 Å². The molecule has 2 rings (SSSR count). The predicted molar refractivity (Wildman–Crippen MR) is 105 cm³/mol. The number of imide groups is 1. The molecule has 1 aromatic carbocycles. The van der Waals surface area contributed by atoms with E-state index >= 15 is 0 Å². The van der Waals surface area contributed by atoms with E-state index < -0.39 is 24.0 Å². The van der Waals surface area contributed by atoms with Gasteiger partial charge in [0, 0.05) is 6.04 Å². The molecule has 0 heterocycles. The van der Waals surface area contributed by atoms with Crippen LogP contribution in [0.1, 0.15) is 49.4 Å². The topological polar surface area (TPSA) is 112 Å². The van der Waals surface area contributed by atoms with Crippen LogP contribution < -0.4 is 24.8 Å². The van der Waals surface area contributed by atoms with Gasteiger partial charge in [-0.3, -0.25) is 10.1 Å². The van der Waals surface area contributed by atoms with E-state index in [1.807, 2.05) is 0 Å². The summed E-state index contributed by atoms with van der Waals surface area (Å²) in [6.07, 6.45) is 3.90. The lowest BCUT2D eigenvalue weighted by molar-refractivity contribution is -0.127. The number of nitrogens with one attached hydrogen (secondary N) is 2. The molecule has 0 unspecified atom stereocenters. The van der Waals surface area contributed by atoms with Gasteiger partial charge in [0.25, 0.3) is 5.91 Å². The van der Waals surface area contributed by atoms with Crippen molar-refractivity contribution in [3.05, 3.63) is 17.7 Å². The first-order valence-corrected chi connectivity index (χ1v) is 9.52. The number of rotatable bonds is 7. The van der Waals surface area contributed by atoms with Crippen molar-refractivity contribution in [2.45, 2.75) is 51.2 Å². The number of urea groups is 1. The summed E-state index contributed by atoms with van der Waals surface area (Å²) in [6, 6.07) is 2.32. The third kappa shape index (κ3) is 6.00. The Morgan fingerprint density at radius 1 is 0.966 bits per heavy atom. The normalized spacial score (nSPS) is 15.0. The van der Waals surface area contributed by atoms with Crippen molar-refractivity contribution in [3.8, 4) is 17.2 Å². The summed E-state index contributed by atoms with van der Waals surface area (Å²) in [4.78, 5) is 36.6. The molecule has 9 heteroatoms. The number of esters is 1. The van der Waals surface area contributed by atoms with E-state index in [2.05, 4.69) is 10.6 Å². The molecule has 9 nitrogen and oxygen atoms in total. The second-order valence-corrected chi connectivity index (χ2v) is 6.76. The minimum atomic E-state index is -1.17. The zero-order chi connectivity index (χ0) is 21.4. The van der Waals surface area contributed by atoms with Crippen LogP contribution in [0.5, 0.6) is 17.2 Å². The van der Waals surface area contributed by atoms with Gasteiger partial charge in [-0.25, -0.2) is 9.59 Å². The highest BCUT2D eigenvalue weighted by atomic mass is 16.6. The largest absolute Gasteiger partial charge is 0.493 e. The number of methoxy groups -OCH3 is 3. The zero-order valence-corrected chi connectivity index (χ0v) is 17.2. The minimum Gasteiger partial charge on any atom is -0.493 e. The number of ether oxygens (including phenoxy) is 4. The molecule has 160 valence electrons. The zero-order valence-electron chi connectivity index (χ0n) is 17.2. The smallest absolute Gasteiger partial charge is 0.339 e. The molecule has 0 aliphatic heterocycles. The first-order valence-electron chi connectivity index (χ1n) is 9.52. The lowest BCUT2D eigenvalue weighted by Crippen LogP contribution is -2.48. The Morgan fingerprint density at radius 2 is 1.55 bits per heavy atom. The van der Waals surface area contributed by atoms with E-state index in [4.69, 9.17) is 18.9 Å². The Morgan fingerprint density at radius 3 is 2.07 bits per heavy atom. The van der Waals surface area contributed by atoms with Crippen molar-refractivity contribution < 1.29 is 33.3 Å². The van der Waals surface area contributed by atoms with Crippen LogP contribution >= 0.6 is 0 Å². The van der Waals surface area contributed by atoms with Gasteiger partial charge in [-0.1, -0.05) is 19.3 Å². The van der Waals surface area contributed by atoms with Crippen LogP contribution in [0, 0.1) is 0 Å². The van der Waals surface area contributed by atoms with Crippen LogP contribution in [0.4, 0.5) is 4.79 Å². The molecule has 3 amide bonds. The molecule has 0 bridgehead atoms. The minimum absolute atomic E-state index is 0.0636. The standard InChI is InChI=1S/C20H28N2O7/c1-12(18(23)22-20(25)21-14-8-6-5-7-9-14)29-19(24)13-10-15(26-2)17(28-4)16(11-13)27-3/h10-12,14H,5-9H2,1-4H3,(H2,21,22,23,25)/t12-/m1/s1. The fraction of sp³-hybridized carbons (Fsp3) is 0.550. The summed E-state index contributed by atoms with van der Waals surface area (Å²) in [7, 11) is 4.30. The first-order chi connectivity index (χ1) is 13.9. The summed E-state index contributed by atoms with van der Waals surface area (Å²) in [6.45, 7) is 1.39. The SMILES string of the molecule is COc1cc(C(=O)O[C@H](C)C(=O)NC(=O)NC2CCCCC2)cc(OC)c1OC. The molecule has 2 N–H and O–H groups in total. The van der Waals surface area contributed by atoms with Gasteiger partial charge in [-0.2, -0.15) is 0 Å². The van der Waals surface area contributed by atoms with Crippen molar-refractivity contribution in [1.29, 1.82) is 0 Å². The van der Waals surface area contributed by atoms with Crippen LogP contribution in [0.25, 0.3) is 0 Å². The molecule has 1 aliphatic carbocycles. The van der Waals surface area contributed by atoms with Crippen molar-refractivity contribution in [2.75, 3.05) is 21.3 Å². The van der Waals surface area contributed by atoms with Gasteiger partial charge in [0.1, 0.15) is 0 Å². The van der Waals surface area contributed by atoms with Crippen molar-refractivity contribution in [2.24, 2.45) is 0 Å². The highest BCUT2D eigenvalue weighted by Crippen LogP contribution is 2.38. The van der Waals surface area contributed by atoms with E-state index in [0.717, 1.165) is 32.1 Å². The van der Waals surface area contributed by atoms with Gasteiger partial charge in [-0.15, -0.1) is 0 Å². The predicted octanol–water partition coefficient (Wildman–Crippen LogP) is 2.42. The third-order valence-corrected chi connectivity index (χ3v) is 4.73. The molecule has 0 radical (unpaired) electrons. The number of carbonyl (C=O) groups excluding carboxylic acids is 3. The average Bonchev–Trinajstić information content (AvgIpc) is 2.72. The molecular formula is C20H28N2O7. The van der Waals surface area contributed by atoms with Crippen LogP contribution in [-0.4, -0.2) is 51.4 Å². The van der Waals surface area contributed by atoms with E-state index in [9.17, 15) is 14.4 Å². The van der Waals surface area contributed by atoms with E-state index in [1.54, 1.807) is 0 Å². The molecule has 1 atom stereocenters. The lowest BCUT2D eigenvalue weighted by atomic mass is 9.96. The lowest BCUT2D eigenvalue weighted by Gasteiger charge is -2.23. The molecule has 1 aliphatic rings. The van der Waals surface area contributed by atoms with Gasteiger partial charge >= 0.3 is 12.0 Å². The summed E-state index contributed by atoms with van der Waals surface area (Å²) in [5.74, 6) is -0.582. The second-order valence-electron chi connectivity index (χ2n) is 6.76. The summed E-state index contributed by atoms with van der Waals surface area (Å²) in [5.41, 5.74) is 0.116. The fourth-order valence-electron chi connectivity index (χ4n) is 3.16. The van der Waals surface area contributed by atoms with E-state index in [-0.39, 0.29) is 23.1 Å². The Bertz CT molecular complexity index is 719. The highest BCUT2D eigenvalue weighted by Gasteiger charge is 2.24. The summed E-state index contributed by atoms with van der Waals surface area (Å²) < 4.78 is 20.8. The number of benzene rings is 1. The van der Waals surface area contributed by atoms with Gasteiger partial charge in [0.05, 0.1) is 26.9 Å². The molecule has 1 saturated carbocycles. The van der Waals surface area contributed by atoms with Gasteiger partial charge in [-0.05, 0) is 31.9 Å². The van der Waals surface area contributed by atoms with Crippen LogP contribution in [0.2, 0.25) is 0 Å². The maximum atomic E-state index is 12.4. The van der Waals surface area contributed by atoms with Crippen molar-refractivity contribution >= 4 is 17.9 Å². The van der Waals surface area contributed by atoms with Crippen LogP contribution in [-0.2, 0) is 9.53 Å². The molecule has 0 aromatic heterocycles. The first kappa shape index (κ1) is 22.3. The molecular weight excluding hydrogens is 380 g/mol. The van der Waals surface area contributed by atoms with E-state index in [1.165, 1.54) is 40.4 Å². The number of hydrogen-bond donors (Lipinski definition) is 2. The van der Waals surface area contributed by atoms with Gasteiger partial charge in [0.2, 0.25) is 5.75 Å². The number of hydrogen-bond acceptors (Lipinski definition) is 7. The Hall–Kier alpha value is -2.97. The van der Waals surface area contributed by atoms with Crippen LogP contribution in [0.3, 0.4) is 0 Å². The third-order valence-electron chi connectivity index (χ3n) is 4.73. The molecule has 1 aromatic rings. The van der Waals surface area contributed by atoms with Gasteiger partial charge in [0.15, 0.2) is 17.6 Å². The average molecular weight is 408 g/mol. The Labute approximate surface area is 170 Å². The Balaban J connectivity index is 1.96. The number of carbonyl (C=O) groups is 3. The quantitative estimate of drug-likeness (QED) is 0.666. The maximum Gasteiger partial charge on any atom is 0.339 e. The Kier molecular flexibility index (Phi) is 8.11. The summed E-state index contributed by atoms with van der Waals surface area (Å²) >= 11 is 0. The van der Waals surface area contributed by atoms with E-state index in [0.29, 0.717) is 5.75 Å². The molecule has 0 saturated heterocycles. The highest BCUT2D eigenvalue weighted by molar-refractivity contribution is 5.98.